The van der Waals surface area contributed by atoms with E-state index in [1.165, 1.54) is 37.7 Å². The summed E-state index contributed by atoms with van der Waals surface area (Å²) in [6.07, 6.45) is 6.92. The van der Waals surface area contributed by atoms with Gasteiger partial charge in [0.1, 0.15) is 0 Å². The van der Waals surface area contributed by atoms with Crippen LogP contribution in [0.3, 0.4) is 0 Å². The fraction of sp³-hybridized carbons (Fsp3) is 0.600. The van der Waals surface area contributed by atoms with Crippen molar-refractivity contribution < 1.29 is 0 Å². The Labute approximate surface area is 123 Å². The Kier molecular flexibility index (Phi) is 5.11. The summed E-state index contributed by atoms with van der Waals surface area (Å²) in [5.41, 5.74) is 1.77. The van der Waals surface area contributed by atoms with Gasteiger partial charge in [0, 0.05) is 22.6 Å². The molecule has 1 nitrogen and oxygen atoms in total. The molecule has 0 aliphatic heterocycles. The van der Waals surface area contributed by atoms with Crippen molar-refractivity contribution in [1.29, 1.82) is 0 Å². The largest absolute Gasteiger partial charge is 0.312 e. The minimum Gasteiger partial charge on any atom is -0.312 e. The van der Waals surface area contributed by atoms with Gasteiger partial charge in [-0.15, -0.1) is 0 Å². The normalized spacial score (nSPS) is 18.8. The quantitative estimate of drug-likeness (QED) is 0.803. The zero-order valence-corrected chi connectivity index (χ0v) is 13.3. The summed E-state index contributed by atoms with van der Waals surface area (Å²) in [7, 11) is 0. The molecule has 0 amide bonds. The molecule has 1 aromatic carbocycles. The molecule has 1 N–H and O–H groups in total. The highest BCUT2D eigenvalue weighted by Gasteiger charge is 2.25. The number of benzene rings is 1. The van der Waals surface area contributed by atoms with Crippen molar-refractivity contribution in [3.05, 3.63) is 33.3 Å². The van der Waals surface area contributed by atoms with E-state index in [4.69, 9.17) is 11.6 Å². The van der Waals surface area contributed by atoms with Crippen molar-refractivity contribution in [1.82, 2.24) is 5.32 Å². The van der Waals surface area contributed by atoms with Crippen molar-refractivity contribution in [3.63, 3.8) is 0 Å². The van der Waals surface area contributed by atoms with E-state index >= 15 is 0 Å². The first-order valence-electron chi connectivity index (χ1n) is 6.74. The first kappa shape index (κ1) is 14.4. The van der Waals surface area contributed by atoms with Gasteiger partial charge in [-0.05, 0) is 36.0 Å². The van der Waals surface area contributed by atoms with E-state index in [9.17, 15) is 0 Å². The second kappa shape index (κ2) is 6.40. The average molecular weight is 331 g/mol. The molecule has 100 valence electrons. The maximum absolute atomic E-state index is 5.94. The van der Waals surface area contributed by atoms with Crippen LogP contribution in [0.5, 0.6) is 0 Å². The number of hydrogen-bond acceptors (Lipinski definition) is 1. The molecule has 0 aromatic heterocycles. The maximum atomic E-state index is 5.94. The molecule has 1 saturated carbocycles. The van der Waals surface area contributed by atoms with E-state index in [1.807, 2.05) is 12.1 Å². The molecule has 0 radical (unpaired) electrons. The van der Waals surface area contributed by atoms with Gasteiger partial charge < -0.3 is 5.32 Å². The monoisotopic (exact) mass is 329 g/mol. The minimum absolute atomic E-state index is 0.497. The molecule has 0 heterocycles. The SMILES string of the molecule is CC1(CNCc2ccc(Cl)cc2Br)CCCCC1. The molecule has 1 aliphatic rings. The van der Waals surface area contributed by atoms with E-state index in [2.05, 4.69) is 34.2 Å². The van der Waals surface area contributed by atoms with Crippen molar-refractivity contribution in [3.8, 4) is 0 Å². The van der Waals surface area contributed by atoms with Crippen LogP contribution < -0.4 is 5.32 Å². The number of nitrogens with one attached hydrogen (secondary N) is 1. The number of hydrogen-bond donors (Lipinski definition) is 1. The van der Waals surface area contributed by atoms with Crippen LogP contribution in [0.2, 0.25) is 5.02 Å². The first-order valence-corrected chi connectivity index (χ1v) is 7.91. The van der Waals surface area contributed by atoms with Crippen LogP contribution in [0.15, 0.2) is 22.7 Å². The first-order chi connectivity index (χ1) is 8.59. The molecule has 3 heteroatoms. The highest BCUT2D eigenvalue weighted by molar-refractivity contribution is 9.10. The second-order valence-corrected chi connectivity index (χ2v) is 7.00. The van der Waals surface area contributed by atoms with Crippen molar-refractivity contribution in [2.24, 2.45) is 5.41 Å². The molecule has 0 unspecified atom stereocenters. The van der Waals surface area contributed by atoms with Gasteiger partial charge in [-0.2, -0.15) is 0 Å². The Morgan fingerprint density at radius 1 is 1.28 bits per heavy atom. The van der Waals surface area contributed by atoms with Crippen LogP contribution in [-0.4, -0.2) is 6.54 Å². The highest BCUT2D eigenvalue weighted by Crippen LogP contribution is 2.35. The van der Waals surface area contributed by atoms with Crippen LogP contribution >= 0.6 is 27.5 Å². The summed E-state index contributed by atoms with van der Waals surface area (Å²) in [5, 5.41) is 4.38. The predicted molar refractivity (Wildman–Crippen MR) is 82.1 cm³/mol. The predicted octanol–water partition coefficient (Wildman–Crippen LogP) is 5.16. The van der Waals surface area contributed by atoms with Crippen LogP contribution in [-0.2, 0) is 6.54 Å². The third-order valence-corrected chi connectivity index (χ3v) is 4.92. The lowest BCUT2D eigenvalue weighted by molar-refractivity contribution is 0.207. The van der Waals surface area contributed by atoms with E-state index in [0.29, 0.717) is 5.41 Å². The summed E-state index contributed by atoms with van der Waals surface area (Å²) >= 11 is 9.51. The Balaban J connectivity index is 1.84. The van der Waals surface area contributed by atoms with Crippen molar-refractivity contribution in [2.45, 2.75) is 45.6 Å². The number of rotatable bonds is 4. The molecule has 2 rings (SSSR count). The standard InChI is InChI=1S/C15H21BrClN/c1-15(7-3-2-4-8-15)11-18-10-12-5-6-13(17)9-14(12)16/h5-6,9,18H,2-4,7-8,10-11H2,1H3. The maximum Gasteiger partial charge on any atom is 0.0417 e. The van der Waals surface area contributed by atoms with E-state index in [1.54, 1.807) is 0 Å². The molecule has 0 bridgehead atoms. The molecule has 18 heavy (non-hydrogen) atoms. The lowest BCUT2D eigenvalue weighted by Crippen LogP contribution is -2.33. The topological polar surface area (TPSA) is 12.0 Å². The second-order valence-electron chi connectivity index (χ2n) is 5.71. The fourth-order valence-electron chi connectivity index (χ4n) is 2.75. The zero-order chi connectivity index (χ0) is 13.0. The van der Waals surface area contributed by atoms with Crippen LogP contribution in [0, 0.1) is 5.41 Å². The Bertz CT molecular complexity index is 399. The molecule has 0 saturated heterocycles. The van der Waals surface area contributed by atoms with E-state index in [0.717, 1.165) is 22.6 Å². The average Bonchev–Trinajstić information content (AvgIpc) is 2.33. The van der Waals surface area contributed by atoms with Crippen molar-refractivity contribution in [2.75, 3.05) is 6.54 Å². The van der Waals surface area contributed by atoms with Gasteiger partial charge >= 0.3 is 0 Å². The van der Waals surface area contributed by atoms with E-state index < -0.39 is 0 Å². The van der Waals surface area contributed by atoms with Gasteiger partial charge in [-0.1, -0.05) is 59.8 Å². The third-order valence-electron chi connectivity index (χ3n) is 3.94. The van der Waals surface area contributed by atoms with E-state index in [-0.39, 0.29) is 0 Å². The zero-order valence-electron chi connectivity index (χ0n) is 10.9. The highest BCUT2D eigenvalue weighted by atomic mass is 79.9. The van der Waals surface area contributed by atoms with Gasteiger partial charge in [0.15, 0.2) is 0 Å². The summed E-state index contributed by atoms with van der Waals surface area (Å²) in [6, 6.07) is 6.00. The summed E-state index contributed by atoms with van der Waals surface area (Å²) in [4.78, 5) is 0. The Morgan fingerprint density at radius 2 is 2.00 bits per heavy atom. The molecule has 0 atom stereocenters. The molecule has 1 aliphatic carbocycles. The van der Waals surface area contributed by atoms with Gasteiger partial charge in [0.25, 0.3) is 0 Å². The molecular weight excluding hydrogens is 310 g/mol. The number of halogens is 2. The van der Waals surface area contributed by atoms with Crippen LogP contribution in [0.25, 0.3) is 0 Å². The van der Waals surface area contributed by atoms with Gasteiger partial charge in [0.05, 0.1) is 0 Å². The lowest BCUT2D eigenvalue weighted by Gasteiger charge is -2.33. The third kappa shape index (κ3) is 3.97. The van der Waals surface area contributed by atoms with Gasteiger partial charge in [-0.3, -0.25) is 0 Å². The van der Waals surface area contributed by atoms with Crippen LogP contribution in [0.1, 0.15) is 44.6 Å². The van der Waals surface area contributed by atoms with Gasteiger partial charge in [0.2, 0.25) is 0 Å². The van der Waals surface area contributed by atoms with Crippen molar-refractivity contribution >= 4 is 27.5 Å². The summed E-state index contributed by atoms with van der Waals surface area (Å²) < 4.78 is 1.09. The summed E-state index contributed by atoms with van der Waals surface area (Å²) in [6.45, 7) is 4.44. The molecular formula is C15H21BrClN. The molecule has 0 spiro atoms. The Hall–Kier alpha value is -0.0500. The molecule has 1 aromatic rings. The smallest absolute Gasteiger partial charge is 0.0417 e. The fourth-order valence-corrected chi connectivity index (χ4v) is 3.57. The van der Waals surface area contributed by atoms with Gasteiger partial charge in [-0.25, -0.2) is 0 Å². The Morgan fingerprint density at radius 3 is 2.67 bits per heavy atom. The lowest BCUT2D eigenvalue weighted by atomic mass is 9.76. The van der Waals surface area contributed by atoms with Crippen LogP contribution in [0.4, 0.5) is 0 Å². The molecule has 1 fully saturated rings. The minimum atomic E-state index is 0.497. The summed E-state index contributed by atoms with van der Waals surface area (Å²) in [5.74, 6) is 0.